The molecule has 5 nitrogen and oxygen atoms in total. The fraction of sp³-hybridized carbons (Fsp3) is 0.143. The first-order valence-corrected chi connectivity index (χ1v) is 8.61. The van der Waals surface area contributed by atoms with Crippen molar-refractivity contribution in [3.8, 4) is 0 Å². The highest BCUT2D eigenvalue weighted by molar-refractivity contribution is 6.26. The molecule has 3 aromatic carbocycles. The Balaban J connectivity index is 1.79. The van der Waals surface area contributed by atoms with Crippen molar-refractivity contribution >= 4 is 34.0 Å². The zero-order chi connectivity index (χ0) is 18.3. The van der Waals surface area contributed by atoms with Crippen molar-refractivity contribution in [3.63, 3.8) is 0 Å². The number of amides is 2. The van der Waals surface area contributed by atoms with Crippen molar-refractivity contribution in [1.82, 2.24) is 4.90 Å². The third kappa shape index (κ3) is 2.40. The van der Waals surface area contributed by atoms with Gasteiger partial charge in [0.1, 0.15) is 0 Å². The SMILES string of the molecule is CCN1C(=O)c2cccc3c(NCc4ccccc4N)ccc(c23)C1=O. The van der Waals surface area contributed by atoms with Crippen LogP contribution in [0.2, 0.25) is 0 Å². The first-order chi connectivity index (χ1) is 12.6. The third-order valence-corrected chi connectivity index (χ3v) is 4.83. The average Bonchev–Trinajstić information content (AvgIpc) is 2.66. The fourth-order valence-electron chi connectivity index (χ4n) is 3.47. The van der Waals surface area contributed by atoms with Crippen molar-refractivity contribution in [1.29, 1.82) is 0 Å². The maximum absolute atomic E-state index is 12.6. The summed E-state index contributed by atoms with van der Waals surface area (Å²) < 4.78 is 0. The number of carbonyl (C=O) groups excluding carboxylic acids is 2. The summed E-state index contributed by atoms with van der Waals surface area (Å²) in [5.41, 5.74) is 9.75. The molecule has 0 atom stereocenters. The number of imide groups is 1. The van der Waals surface area contributed by atoms with Gasteiger partial charge in [-0.1, -0.05) is 30.3 Å². The highest BCUT2D eigenvalue weighted by atomic mass is 16.2. The van der Waals surface area contributed by atoms with E-state index in [0.29, 0.717) is 24.2 Å². The monoisotopic (exact) mass is 345 g/mol. The standard InChI is InChI=1S/C21H19N3O2/c1-2-24-20(25)15-8-5-7-14-18(11-10-16(19(14)15)21(24)26)23-12-13-6-3-4-9-17(13)22/h3-11,23H,2,12,22H2,1H3. The van der Waals surface area contributed by atoms with E-state index in [1.807, 2.05) is 42.5 Å². The van der Waals surface area contributed by atoms with Crippen LogP contribution in [0.3, 0.4) is 0 Å². The van der Waals surface area contributed by atoms with E-state index < -0.39 is 0 Å². The molecule has 1 aliphatic heterocycles. The molecule has 3 N–H and O–H groups in total. The quantitative estimate of drug-likeness (QED) is 0.559. The first kappa shape index (κ1) is 16.1. The van der Waals surface area contributed by atoms with E-state index in [1.54, 1.807) is 19.1 Å². The number of benzene rings is 3. The average molecular weight is 345 g/mol. The van der Waals surface area contributed by atoms with Crippen LogP contribution in [0.1, 0.15) is 33.2 Å². The minimum absolute atomic E-state index is 0.236. The number of carbonyl (C=O) groups is 2. The molecule has 4 rings (SSSR count). The van der Waals surface area contributed by atoms with Gasteiger partial charge in [-0.25, -0.2) is 0 Å². The molecule has 130 valence electrons. The predicted molar refractivity (Wildman–Crippen MR) is 103 cm³/mol. The second kappa shape index (κ2) is 6.19. The third-order valence-electron chi connectivity index (χ3n) is 4.83. The number of nitrogen functional groups attached to an aromatic ring is 1. The molecular weight excluding hydrogens is 326 g/mol. The van der Waals surface area contributed by atoms with E-state index in [-0.39, 0.29) is 11.8 Å². The molecule has 0 fully saturated rings. The second-order valence-electron chi connectivity index (χ2n) is 6.30. The van der Waals surface area contributed by atoms with Gasteiger partial charge in [-0.3, -0.25) is 14.5 Å². The summed E-state index contributed by atoms with van der Waals surface area (Å²) in [6.07, 6.45) is 0. The number of nitrogens with two attached hydrogens (primary N) is 1. The molecule has 1 heterocycles. The van der Waals surface area contributed by atoms with Gasteiger partial charge in [0, 0.05) is 46.4 Å². The van der Waals surface area contributed by atoms with Gasteiger partial charge >= 0.3 is 0 Å². The molecule has 0 saturated heterocycles. The summed E-state index contributed by atoms with van der Waals surface area (Å²) in [6.45, 7) is 2.73. The number of hydrogen-bond acceptors (Lipinski definition) is 4. The van der Waals surface area contributed by atoms with Crippen LogP contribution in [-0.2, 0) is 6.54 Å². The van der Waals surface area contributed by atoms with Crippen LogP contribution in [0.4, 0.5) is 11.4 Å². The van der Waals surface area contributed by atoms with E-state index >= 15 is 0 Å². The van der Waals surface area contributed by atoms with E-state index in [4.69, 9.17) is 5.73 Å². The van der Waals surface area contributed by atoms with Crippen LogP contribution in [0, 0.1) is 0 Å². The lowest BCUT2D eigenvalue weighted by atomic mass is 9.93. The van der Waals surface area contributed by atoms with Crippen molar-refractivity contribution in [2.45, 2.75) is 13.5 Å². The molecule has 0 unspecified atom stereocenters. The Morgan fingerprint density at radius 3 is 2.38 bits per heavy atom. The minimum atomic E-state index is -0.236. The van der Waals surface area contributed by atoms with Crippen LogP contribution in [-0.4, -0.2) is 23.3 Å². The van der Waals surface area contributed by atoms with Crippen LogP contribution < -0.4 is 11.1 Å². The minimum Gasteiger partial charge on any atom is -0.398 e. The summed E-state index contributed by atoms with van der Waals surface area (Å²) >= 11 is 0. The first-order valence-electron chi connectivity index (χ1n) is 8.61. The predicted octanol–water partition coefficient (Wildman–Crippen LogP) is 3.65. The Labute approximate surface area is 151 Å². The molecule has 0 spiro atoms. The lowest BCUT2D eigenvalue weighted by Crippen LogP contribution is -2.40. The fourth-order valence-corrected chi connectivity index (χ4v) is 3.47. The van der Waals surface area contributed by atoms with Crippen LogP contribution >= 0.6 is 0 Å². The number of anilines is 2. The van der Waals surface area contributed by atoms with Gasteiger partial charge in [0.25, 0.3) is 11.8 Å². The normalized spacial score (nSPS) is 13.3. The molecule has 5 heteroatoms. The van der Waals surface area contributed by atoms with E-state index in [2.05, 4.69) is 5.32 Å². The highest BCUT2D eigenvalue weighted by Gasteiger charge is 2.32. The van der Waals surface area contributed by atoms with Crippen LogP contribution in [0.5, 0.6) is 0 Å². The Morgan fingerprint density at radius 2 is 1.65 bits per heavy atom. The Hall–Kier alpha value is -3.34. The summed E-state index contributed by atoms with van der Waals surface area (Å²) in [6, 6.07) is 16.9. The largest absolute Gasteiger partial charge is 0.398 e. The van der Waals surface area contributed by atoms with Gasteiger partial charge in [0.2, 0.25) is 0 Å². The van der Waals surface area contributed by atoms with Crippen LogP contribution in [0.25, 0.3) is 10.8 Å². The summed E-state index contributed by atoms with van der Waals surface area (Å²) in [5.74, 6) is -0.472. The summed E-state index contributed by atoms with van der Waals surface area (Å²) in [4.78, 5) is 26.6. The highest BCUT2D eigenvalue weighted by Crippen LogP contribution is 2.34. The van der Waals surface area contributed by atoms with Crippen molar-refractivity contribution in [2.24, 2.45) is 0 Å². The summed E-state index contributed by atoms with van der Waals surface area (Å²) in [5, 5.41) is 4.97. The Bertz CT molecular complexity index is 1020. The van der Waals surface area contributed by atoms with E-state index in [0.717, 1.165) is 27.7 Å². The molecule has 0 aliphatic carbocycles. The number of rotatable bonds is 4. The smallest absolute Gasteiger partial charge is 0.261 e. The van der Waals surface area contributed by atoms with Crippen LogP contribution in [0.15, 0.2) is 54.6 Å². The topological polar surface area (TPSA) is 75.4 Å². The lowest BCUT2D eigenvalue weighted by molar-refractivity contribution is 0.0619. The molecular formula is C21H19N3O2. The number of hydrogen-bond donors (Lipinski definition) is 2. The summed E-state index contributed by atoms with van der Waals surface area (Å²) in [7, 11) is 0. The molecule has 0 saturated carbocycles. The lowest BCUT2D eigenvalue weighted by Gasteiger charge is -2.26. The second-order valence-corrected chi connectivity index (χ2v) is 6.30. The van der Waals surface area contributed by atoms with Gasteiger partial charge in [-0.2, -0.15) is 0 Å². The zero-order valence-electron chi connectivity index (χ0n) is 14.5. The zero-order valence-corrected chi connectivity index (χ0v) is 14.5. The number of nitrogens with one attached hydrogen (secondary N) is 1. The van der Waals surface area contributed by atoms with E-state index in [1.165, 1.54) is 4.90 Å². The molecule has 0 aromatic heterocycles. The maximum Gasteiger partial charge on any atom is 0.261 e. The molecule has 1 aliphatic rings. The molecule has 2 amide bonds. The Morgan fingerprint density at radius 1 is 0.923 bits per heavy atom. The molecule has 26 heavy (non-hydrogen) atoms. The van der Waals surface area contributed by atoms with Crippen molar-refractivity contribution in [2.75, 3.05) is 17.6 Å². The number of nitrogens with zero attached hydrogens (tertiary/aromatic N) is 1. The molecule has 0 bridgehead atoms. The maximum atomic E-state index is 12.6. The van der Waals surface area contributed by atoms with Gasteiger partial charge in [-0.15, -0.1) is 0 Å². The molecule has 3 aromatic rings. The van der Waals surface area contributed by atoms with Crippen molar-refractivity contribution in [3.05, 3.63) is 71.3 Å². The number of para-hydroxylation sites is 1. The molecule has 0 radical (unpaired) electrons. The Kier molecular flexibility index (Phi) is 3.84. The van der Waals surface area contributed by atoms with Gasteiger partial charge in [0.05, 0.1) is 0 Å². The van der Waals surface area contributed by atoms with Gasteiger partial charge in [-0.05, 0) is 36.8 Å². The van der Waals surface area contributed by atoms with E-state index in [9.17, 15) is 9.59 Å². The van der Waals surface area contributed by atoms with Gasteiger partial charge in [0.15, 0.2) is 0 Å². The van der Waals surface area contributed by atoms with Crippen molar-refractivity contribution < 1.29 is 9.59 Å². The van der Waals surface area contributed by atoms with Gasteiger partial charge < -0.3 is 11.1 Å².